The van der Waals surface area contributed by atoms with Gasteiger partial charge in [0.1, 0.15) is 12.4 Å². The van der Waals surface area contributed by atoms with Crippen LogP contribution in [0.3, 0.4) is 0 Å². The Morgan fingerprint density at radius 3 is 2.87 bits per heavy atom. The maximum absolute atomic E-state index is 12.8. The second-order valence-corrected chi connectivity index (χ2v) is 7.11. The molecule has 0 aliphatic carbocycles. The van der Waals surface area contributed by atoms with Gasteiger partial charge in [-0.15, -0.1) is 0 Å². The number of rotatable bonds is 5. The van der Waals surface area contributed by atoms with Gasteiger partial charge in [0.05, 0.1) is 22.5 Å². The molecule has 0 radical (unpaired) electrons. The van der Waals surface area contributed by atoms with Crippen molar-refractivity contribution in [2.24, 2.45) is 0 Å². The van der Waals surface area contributed by atoms with Crippen molar-refractivity contribution in [3.05, 3.63) is 77.4 Å². The van der Waals surface area contributed by atoms with Crippen LogP contribution in [0.2, 0.25) is 0 Å². The fraction of sp³-hybridized carbons (Fsp3) is 0.286. The highest BCUT2D eigenvalue weighted by atomic mass is 19.4. The van der Waals surface area contributed by atoms with Crippen molar-refractivity contribution in [3.8, 4) is 5.75 Å². The van der Waals surface area contributed by atoms with Crippen LogP contribution in [-0.2, 0) is 12.8 Å². The third-order valence-corrected chi connectivity index (χ3v) is 5.01. The molecule has 156 valence electrons. The number of hydrogen-bond acceptors (Lipinski definition) is 4. The molecule has 1 fully saturated rings. The van der Waals surface area contributed by atoms with Gasteiger partial charge in [0, 0.05) is 31.4 Å². The van der Waals surface area contributed by atoms with Gasteiger partial charge in [-0.3, -0.25) is 14.9 Å². The quantitative estimate of drug-likeness (QED) is 0.682. The van der Waals surface area contributed by atoms with Gasteiger partial charge in [0.15, 0.2) is 0 Å². The van der Waals surface area contributed by atoms with Crippen LogP contribution in [0.25, 0.3) is 0 Å². The number of carbonyl (C=O) groups excluding carboxylic acids is 1. The Bertz CT molecular complexity index is 1020. The summed E-state index contributed by atoms with van der Waals surface area (Å²) >= 11 is 0. The number of H-pyrrole nitrogens is 1. The summed E-state index contributed by atoms with van der Waals surface area (Å²) in [6.45, 7) is 1.24. The summed E-state index contributed by atoms with van der Waals surface area (Å²) in [4.78, 5) is 18.3. The van der Waals surface area contributed by atoms with Gasteiger partial charge in [-0.05, 0) is 42.8 Å². The predicted molar refractivity (Wildman–Crippen MR) is 102 cm³/mol. The molecule has 6 nitrogen and oxygen atoms in total. The highest BCUT2D eigenvalue weighted by molar-refractivity contribution is 5.94. The second-order valence-electron chi connectivity index (χ2n) is 7.11. The number of pyridine rings is 1. The van der Waals surface area contributed by atoms with E-state index in [1.54, 1.807) is 29.4 Å². The van der Waals surface area contributed by atoms with E-state index in [1.807, 2.05) is 6.07 Å². The largest absolute Gasteiger partial charge is 0.487 e. The van der Waals surface area contributed by atoms with Crippen LogP contribution in [0.4, 0.5) is 13.2 Å². The summed E-state index contributed by atoms with van der Waals surface area (Å²) < 4.78 is 43.9. The number of nitrogens with zero attached hydrogens (tertiary/aromatic N) is 3. The van der Waals surface area contributed by atoms with E-state index in [4.69, 9.17) is 4.74 Å². The van der Waals surface area contributed by atoms with Gasteiger partial charge in [0.2, 0.25) is 0 Å². The molecule has 1 aliphatic heterocycles. The van der Waals surface area contributed by atoms with E-state index in [0.717, 1.165) is 24.2 Å². The lowest BCUT2D eigenvalue weighted by Crippen LogP contribution is -2.28. The van der Waals surface area contributed by atoms with Crippen LogP contribution in [0, 0.1) is 0 Å². The first kappa shape index (κ1) is 19.9. The molecule has 30 heavy (non-hydrogen) atoms. The van der Waals surface area contributed by atoms with Crippen LogP contribution >= 0.6 is 0 Å². The van der Waals surface area contributed by atoms with Crippen LogP contribution in [-0.4, -0.2) is 39.1 Å². The Kier molecular flexibility index (Phi) is 5.43. The van der Waals surface area contributed by atoms with E-state index in [0.29, 0.717) is 24.3 Å². The maximum Gasteiger partial charge on any atom is 0.416 e. The van der Waals surface area contributed by atoms with Gasteiger partial charge in [-0.1, -0.05) is 6.07 Å². The highest BCUT2D eigenvalue weighted by Gasteiger charge is 2.31. The molecule has 1 aromatic carbocycles. The van der Waals surface area contributed by atoms with Crippen LogP contribution in [0.1, 0.15) is 39.6 Å². The van der Waals surface area contributed by atoms with Crippen LogP contribution in [0.15, 0.2) is 54.9 Å². The number of likely N-dealkylation sites (tertiary alicyclic amines) is 1. The Morgan fingerprint density at radius 2 is 2.10 bits per heavy atom. The summed E-state index contributed by atoms with van der Waals surface area (Å²) in [7, 11) is 0. The number of aromatic nitrogens is 3. The number of nitrogens with one attached hydrogen (secondary N) is 1. The zero-order valence-corrected chi connectivity index (χ0v) is 15.9. The molecule has 4 rings (SSSR count). The third-order valence-electron chi connectivity index (χ3n) is 5.01. The van der Waals surface area contributed by atoms with Crippen molar-refractivity contribution in [2.45, 2.75) is 25.1 Å². The molecule has 0 bridgehead atoms. The first-order valence-electron chi connectivity index (χ1n) is 9.44. The van der Waals surface area contributed by atoms with Crippen molar-refractivity contribution in [1.29, 1.82) is 0 Å². The van der Waals surface area contributed by atoms with E-state index >= 15 is 0 Å². The molecule has 1 aliphatic rings. The lowest BCUT2D eigenvalue weighted by molar-refractivity contribution is -0.137. The van der Waals surface area contributed by atoms with Crippen molar-refractivity contribution in [3.63, 3.8) is 0 Å². The minimum Gasteiger partial charge on any atom is -0.487 e. The summed E-state index contributed by atoms with van der Waals surface area (Å²) in [6.07, 6.45) is -0.462. The minimum atomic E-state index is -4.41. The van der Waals surface area contributed by atoms with Crippen molar-refractivity contribution < 1.29 is 22.7 Å². The summed E-state index contributed by atoms with van der Waals surface area (Å²) in [5.74, 6) is 0.161. The summed E-state index contributed by atoms with van der Waals surface area (Å²) in [5.41, 5.74) is 1.25. The van der Waals surface area contributed by atoms with Crippen LogP contribution < -0.4 is 4.74 Å². The molecule has 3 aromatic rings. The molecule has 1 amide bonds. The molecule has 0 spiro atoms. The fourth-order valence-electron chi connectivity index (χ4n) is 3.44. The number of carbonyl (C=O) groups is 1. The molecule has 2 aromatic heterocycles. The van der Waals surface area contributed by atoms with Gasteiger partial charge in [0.25, 0.3) is 5.91 Å². The molecule has 0 saturated carbocycles. The number of halogens is 3. The molecular weight excluding hydrogens is 397 g/mol. The topological polar surface area (TPSA) is 71.1 Å². The van der Waals surface area contributed by atoms with Crippen molar-refractivity contribution >= 4 is 5.91 Å². The average molecular weight is 416 g/mol. The zero-order valence-electron chi connectivity index (χ0n) is 15.9. The van der Waals surface area contributed by atoms with E-state index in [-0.39, 0.29) is 24.2 Å². The average Bonchev–Trinajstić information content (AvgIpc) is 3.41. The first-order chi connectivity index (χ1) is 14.4. The van der Waals surface area contributed by atoms with E-state index < -0.39 is 11.7 Å². The highest BCUT2D eigenvalue weighted by Crippen LogP contribution is 2.32. The lowest BCUT2D eigenvalue weighted by Gasteiger charge is -2.15. The lowest BCUT2D eigenvalue weighted by atomic mass is 10.1. The number of benzene rings is 1. The molecule has 1 saturated heterocycles. The van der Waals surface area contributed by atoms with E-state index in [2.05, 4.69) is 15.2 Å². The summed E-state index contributed by atoms with van der Waals surface area (Å²) in [6, 6.07) is 10.0. The number of amides is 1. The fourth-order valence-corrected chi connectivity index (χ4v) is 3.44. The molecule has 1 atom stereocenters. The standard InChI is InChI=1S/C21H19F3N4O2/c22-21(23,24)16-4-1-5-18(9-16)30-13-17-10-19(27-26-17)15-6-8-28(12-15)20(29)14-3-2-7-25-11-14/h1-5,7,9-11,15H,6,8,12-13H2,(H,26,27)/t15-/m0/s1. The molecule has 0 unspecified atom stereocenters. The molecular formula is C21H19F3N4O2. The third kappa shape index (κ3) is 4.45. The predicted octanol–water partition coefficient (Wildman–Crippen LogP) is 4.03. The monoisotopic (exact) mass is 416 g/mol. The van der Waals surface area contributed by atoms with Crippen molar-refractivity contribution in [2.75, 3.05) is 13.1 Å². The first-order valence-corrected chi connectivity index (χ1v) is 9.44. The van der Waals surface area contributed by atoms with Gasteiger partial charge < -0.3 is 9.64 Å². The van der Waals surface area contributed by atoms with Crippen molar-refractivity contribution in [1.82, 2.24) is 20.1 Å². The Hall–Kier alpha value is -3.36. The number of hydrogen-bond donors (Lipinski definition) is 1. The summed E-state index contributed by atoms with van der Waals surface area (Å²) in [5, 5.41) is 7.16. The minimum absolute atomic E-state index is 0.0609. The van der Waals surface area contributed by atoms with Crippen LogP contribution in [0.5, 0.6) is 5.75 Å². The maximum atomic E-state index is 12.8. The smallest absolute Gasteiger partial charge is 0.416 e. The second kappa shape index (κ2) is 8.17. The Balaban J connectivity index is 1.35. The number of alkyl halides is 3. The molecule has 9 heteroatoms. The number of ether oxygens (including phenoxy) is 1. The van der Waals surface area contributed by atoms with E-state index in [1.165, 1.54) is 12.1 Å². The SMILES string of the molecule is O=C(c1cccnc1)N1CC[C@H](c2cc(COc3cccc(C(F)(F)F)c3)[nH]n2)C1. The Labute approximate surface area is 170 Å². The Morgan fingerprint density at radius 1 is 1.23 bits per heavy atom. The van der Waals surface area contributed by atoms with E-state index in [9.17, 15) is 18.0 Å². The van der Waals surface area contributed by atoms with Gasteiger partial charge >= 0.3 is 6.18 Å². The normalized spacial score (nSPS) is 16.6. The number of aromatic amines is 1. The zero-order chi connectivity index (χ0) is 21.1. The van der Waals surface area contributed by atoms with Gasteiger partial charge in [-0.25, -0.2) is 0 Å². The molecule has 3 heterocycles. The molecule has 1 N–H and O–H groups in total. The van der Waals surface area contributed by atoms with Gasteiger partial charge in [-0.2, -0.15) is 18.3 Å².